The van der Waals surface area contributed by atoms with Crippen molar-refractivity contribution < 1.29 is 24.3 Å². The van der Waals surface area contributed by atoms with Gasteiger partial charge in [-0.25, -0.2) is 4.79 Å². The third kappa shape index (κ3) is 8.13. The number of likely N-dealkylation sites (tertiary alicyclic amines) is 1. The molecule has 3 amide bonds. The largest absolute Gasteiger partial charge is 0.480 e. The fraction of sp³-hybridized carbons (Fsp3) is 0.467. The minimum atomic E-state index is -1.12. The molecule has 4 rings (SSSR count). The van der Waals surface area contributed by atoms with Crippen molar-refractivity contribution in [3.8, 4) is 0 Å². The predicted molar refractivity (Wildman–Crippen MR) is 147 cm³/mol. The van der Waals surface area contributed by atoms with Crippen LogP contribution in [0.25, 0.3) is 0 Å². The molecule has 208 valence electrons. The number of carbonyl (C=O) groups is 4. The molecular formula is C30H38N4O5. The Labute approximate surface area is 229 Å². The molecular weight excluding hydrogens is 496 g/mol. The van der Waals surface area contributed by atoms with Gasteiger partial charge in [0.05, 0.1) is 6.04 Å². The summed E-state index contributed by atoms with van der Waals surface area (Å²) in [6.07, 6.45) is 4.48. The van der Waals surface area contributed by atoms with Crippen molar-refractivity contribution in [3.63, 3.8) is 0 Å². The highest BCUT2D eigenvalue weighted by Gasteiger charge is 2.37. The second-order valence-electron chi connectivity index (χ2n) is 10.4. The average Bonchev–Trinajstić information content (AvgIpc) is 3.48. The number of carbonyl (C=O) groups excluding carboxylic acids is 3. The first-order valence-electron chi connectivity index (χ1n) is 13.8. The fourth-order valence-electron chi connectivity index (χ4n) is 5.46. The fourth-order valence-corrected chi connectivity index (χ4v) is 5.46. The van der Waals surface area contributed by atoms with E-state index in [0.717, 1.165) is 43.4 Å². The lowest BCUT2D eigenvalue weighted by atomic mass is 9.97. The monoisotopic (exact) mass is 534 g/mol. The quantitative estimate of drug-likeness (QED) is 0.349. The Kier molecular flexibility index (Phi) is 10.1. The van der Waals surface area contributed by atoms with E-state index >= 15 is 0 Å². The second-order valence-corrected chi connectivity index (χ2v) is 10.4. The number of nitrogens with zero attached hydrogens (tertiary/aromatic N) is 1. The topological polar surface area (TPSA) is 128 Å². The SMILES string of the molecule is O=C(CC(Cc1ccccc1)NC(=O)C1CCCCN1C(=O)C1CCCN1)NC(Cc1ccccc1)C(=O)O. The van der Waals surface area contributed by atoms with Gasteiger partial charge in [0.2, 0.25) is 17.7 Å². The number of carboxylic acids is 1. The first-order valence-corrected chi connectivity index (χ1v) is 13.8. The minimum absolute atomic E-state index is 0.0325. The van der Waals surface area contributed by atoms with Crippen LogP contribution in [0.4, 0.5) is 0 Å². The third-order valence-corrected chi connectivity index (χ3v) is 7.47. The molecule has 39 heavy (non-hydrogen) atoms. The highest BCUT2D eigenvalue weighted by Crippen LogP contribution is 2.21. The van der Waals surface area contributed by atoms with Gasteiger partial charge in [-0.2, -0.15) is 0 Å². The highest BCUT2D eigenvalue weighted by molar-refractivity contribution is 5.91. The zero-order valence-electron chi connectivity index (χ0n) is 22.2. The van der Waals surface area contributed by atoms with E-state index in [1.165, 1.54) is 0 Å². The van der Waals surface area contributed by atoms with Crippen LogP contribution in [0.3, 0.4) is 0 Å². The summed E-state index contributed by atoms with van der Waals surface area (Å²) in [5.74, 6) is -1.87. The number of carboxylic acid groups (broad SMARTS) is 1. The van der Waals surface area contributed by atoms with Crippen molar-refractivity contribution in [1.82, 2.24) is 20.9 Å². The van der Waals surface area contributed by atoms with Crippen molar-refractivity contribution in [2.75, 3.05) is 13.1 Å². The van der Waals surface area contributed by atoms with E-state index in [2.05, 4.69) is 16.0 Å². The maximum Gasteiger partial charge on any atom is 0.326 e. The summed E-state index contributed by atoms with van der Waals surface area (Å²) in [6, 6.07) is 16.2. The van der Waals surface area contributed by atoms with Crippen molar-refractivity contribution in [3.05, 3.63) is 71.8 Å². The molecule has 0 aliphatic carbocycles. The summed E-state index contributed by atoms with van der Waals surface area (Å²) in [6.45, 7) is 1.34. The molecule has 0 spiro atoms. The Morgan fingerprint density at radius 3 is 2.15 bits per heavy atom. The third-order valence-electron chi connectivity index (χ3n) is 7.47. The van der Waals surface area contributed by atoms with Crippen LogP contribution in [-0.2, 0) is 32.0 Å². The van der Waals surface area contributed by atoms with Crippen LogP contribution < -0.4 is 16.0 Å². The summed E-state index contributed by atoms with van der Waals surface area (Å²) in [7, 11) is 0. The van der Waals surface area contributed by atoms with Gasteiger partial charge >= 0.3 is 5.97 Å². The van der Waals surface area contributed by atoms with Crippen LogP contribution in [0.2, 0.25) is 0 Å². The number of piperidine rings is 1. The van der Waals surface area contributed by atoms with Gasteiger partial charge in [-0.1, -0.05) is 60.7 Å². The lowest BCUT2D eigenvalue weighted by Gasteiger charge is -2.37. The predicted octanol–water partition coefficient (Wildman–Crippen LogP) is 2.05. The summed E-state index contributed by atoms with van der Waals surface area (Å²) in [5, 5.41) is 18.6. The van der Waals surface area contributed by atoms with Gasteiger partial charge in [-0.15, -0.1) is 0 Å². The molecule has 4 unspecified atom stereocenters. The van der Waals surface area contributed by atoms with Gasteiger partial charge in [-0.3, -0.25) is 14.4 Å². The maximum absolute atomic E-state index is 13.5. The molecule has 4 N–H and O–H groups in total. The summed E-state index contributed by atoms with van der Waals surface area (Å²) < 4.78 is 0. The van der Waals surface area contributed by atoms with E-state index in [-0.39, 0.29) is 30.7 Å². The van der Waals surface area contributed by atoms with Crippen LogP contribution in [0.5, 0.6) is 0 Å². The Hall–Kier alpha value is -3.72. The highest BCUT2D eigenvalue weighted by atomic mass is 16.4. The first-order chi connectivity index (χ1) is 18.9. The molecule has 2 saturated heterocycles. The molecule has 0 saturated carbocycles. The summed E-state index contributed by atoms with van der Waals surface area (Å²) >= 11 is 0. The van der Waals surface area contributed by atoms with Crippen LogP contribution in [-0.4, -0.2) is 71.0 Å². The van der Waals surface area contributed by atoms with Gasteiger partial charge in [0.1, 0.15) is 12.1 Å². The van der Waals surface area contributed by atoms with E-state index in [4.69, 9.17) is 0 Å². The lowest BCUT2D eigenvalue weighted by molar-refractivity contribution is -0.144. The number of rotatable bonds is 11. The molecule has 2 aliphatic heterocycles. The van der Waals surface area contributed by atoms with E-state index in [9.17, 15) is 24.3 Å². The van der Waals surface area contributed by atoms with Crippen LogP contribution in [0.1, 0.15) is 49.7 Å². The van der Waals surface area contributed by atoms with Crippen LogP contribution in [0, 0.1) is 0 Å². The molecule has 0 aromatic heterocycles. The second kappa shape index (κ2) is 13.9. The van der Waals surface area contributed by atoms with Gasteiger partial charge in [0.15, 0.2) is 0 Å². The smallest absolute Gasteiger partial charge is 0.326 e. The van der Waals surface area contributed by atoms with Gasteiger partial charge in [0, 0.05) is 25.4 Å². The van der Waals surface area contributed by atoms with E-state index < -0.39 is 30.0 Å². The van der Waals surface area contributed by atoms with Crippen LogP contribution in [0.15, 0.2) is 60.7 Å². The molecule has 9 nitrogen and oxygen atoms in total. The Balaban J connectivity index is 1.44. The van der Waals surface area contributed by atoms with Gasteiger partial charge < -0.3 is 26.0 Å². The average molecular weight is 535 g/mol. The van der Waals surface area contributed by atoms with Crippen molar-refractivity contribution in [2.24, 2.45) is 0 Å². The molecule has 2 aliphatic rings. The molecule has 0 bridgehead atoms. The van der Waals surface area contributed by atoms with E-state index in [1.54, 1.807) is 4.90 Å². The van der Waals surface area contributed by atoms with E-state index in [0.29, 0.717) is 19.4 Å². The lowest BCUT2D eigenvalue weighted by Crippen LogP contribution is -2.57. The zero-order valence-corrected chi connectivity index (χ0v) is 22.2. The number of aliphatic carboxylic acids is 1. The van der Waals surface area contributed by atoms with Crippen LogP contribution >= 0.6 is 0 Å². The Morgan fingerprint density at radius 1 is 0.872 bits per heavy atom. The number of nitrogens with one attached hydrogen (secondary N) is 3. The number of hydrogen-bond acceptors (Lipinski definition) is 5. The van der Waals surface area contributed by atoms with Crippen molar-refractivity contribution in [1.29, 1.82) is 0 Å². The Morgan fingerprint density at radius 2 is 1.54 bits per heavy atom. The maximum atomic E-state index is 13.5. The molecule has 2 heterocycles. The molecule has 4 atom stereocenters. The molecule has 2 fully saturated rings. The minimum Gasteiger partial charge on any atom is -0.480 e. The van der Waals surface area contributed by atoms with E-state index in [1.807, 2.05) is 60.7 Å². The molecule has 9 heteroatoms. The standard InChI is InChI=1S/C30H38N4O5/c35-27(33-25(30(38)39)19-22-12-5-2-6-13-22)20-23(18-21-10-3-1-4-11-21)32-28(36)26-15-7-8-17-34(26)29(37)24-14-9-16-31-24/h1-6,10-13,23-26,31H,7-9,14-20H2,(H,32,36)(H,33,35)(H,38,39). The van der Waals surface area contributed by atoms with Crippen molar-refractivity contribution >= 4 is 23.7 Å². The molecule has 0 radical (unpaired) electrons. The first kappa shape index (κ1) is 28.3. The van der Waals surface area contributed by atoms with Gasteiger partial charge in [0.25, 0.3) is 0 Å². The number of benzene rings is 2. The van der Waals surface area contributed by atoms with Gasteiger partial charge in [-0.05, 0) is 56.2 Å². The Bertz CT molecular complexity index is 1120. The summed E-state index contributed by atoms with van der Waals surface area (Å²) in [5.41, 5.74) is 1.75. The number of amides is 3. The number of hydrogen-bond donors (Lipinski definition) is 4. The molecule has 2 aromatic carbocycles. The summed E-state index contributed by atoms with van der Waals surface area (Å²) in [4.78, 5) is 53.3. The van der Waals surface area contributed by atoms with Crippen molar-refractivity contribution in [2.45, 2.75) is 75.5 Å². The molecule has 2 aromatic rings. The normalized spacial score (nSPS) is 20.6. The zero-order chi connectivity index (χ0) is 27.6.